The van der Waals surface area contributed by atoms with E-state index >= 15 is 0 Å². The number of benzene rings is 8. The van der Waals surface area contributed by atoms with Crippen molar-refractivity contribution in [3.05, 3.63) is 158 Å². The molecule has 0 aliphatic heterocycles. The van der Waals surface area contributed by atoms with Crippen LogP contribution in [0.5, 0.6) is 0 Å². The van der Waals surface area contributed by atoms with Gasteiger partial charge < -0.3 is 8.82 Å². The normalized spacial score (nSPS) is 12.5. The molecule has 0 radical (unpaired) electrons. The van der Waals surface area contributed by atoms with Gasteiger partial charge in [0.15, 0.2) is 5.58 Å². The van der Waals surface area contributed by atoms with Crippen molar-refractivity contribution in [3.63, 3.8) is 0 Å². The number of hydrogen-bond acceptors (Lipinski definition) is 3. The van der Waals surface area contributed by atoms with E-state index in [9.17, 15) is 0 Å². The van der Waals surface area contributed by atoms with Crippen LogP contribution in [0.25, 0.3) is 121 Å². The highest BCUT2D eigenvalue weighted by Gasteiger charge is 2.26. The Bertz CT molecular complexity index is 3700. The molecule has 0 saturated heterocycles. The number of rotatable bonds is 2. The molecule has 0 N–H and O–H groups in total. The number of aromatic nitrogens is 4. The van der Waals surface area contributed by atoms with Gasteiger partial charge in [0.2, 0.25) is 5.95 Å². The zero-order chi connectivity index (χ0) is 34.4. The molecule has 5 heteroatoms. The molecule has 244 valence electrons. The van der Waals surface area contributed by atoms with Crippen molar-refractivity contribution in [1.82, 2.24) is 18.9 Å². The Morgan fingerprint density at radius 2 is 1.11 bits per heavy atom. The monoisotopic (exact) mass is 674 g/mol. The van der Waals surface area contributed by atoms with E-state index in [1.165, 1.54) is 65.0 Å². The summed E-state index contributed by atoms with van der Waals surface area (Å²) in [4.78, 5) is 10.8. The van der Waals surface area contributed by atoms with E-state index in [0.29, 0.717) is 11.5 Å². The SMILES string of the molecule is c1ccc2cc(-c3nc(-n4c5ccccc5c5c6c7ccccc7n7c8c9ccccc9ccc8c(cc54)c67)nc4c3oc3ccccc34)ccc2c1. The average molecular weight is 675 g/mol. The van der Waals surface area contributed by atoms with E-state index in [1.807, 2.05) is 18.2 Å². The second-order valence-electron chi connectivity index (χ2n) is 14.1. The number of fused-ring (bicyclic) bond motifs is 16. The van der Waals surface area contributed by atoms with Gasteiger partial charge in [-0.05, 0) is 52.6 Å². The molecule has 0 spiro atoms. The van der Waals surface area contributed by atoms with Gasteiger partial charge in [0.25, 0.3) is 0 Å². The summed E-state index contributed by atoms with van der Waals surface area (Å²) >= 11 is 0. The first kappa shape index (κ1) is 27.5. The maximum absolute atomic E-state index is 6.57. The van der Waals surface area contributed by atoms with Gasteiger partial charge in [0.1, 0.15) is 16.8 Å². The zero-order valence-corrected chi connectivity index (χ0v) is 28.2. The van der Waals surface area contributed by atoms with E-state index in [2.05, 4.69) is 148 Å². The van der Waals surface area contributed by atoms with Crippen LogP contribution in [-0.2, 0) is 0 Å². The first-order valence-electron chi connectivity index (χ1n) is 18.0. The van der Waals surface area contributed by atoms with Gasteiger partial charge in [0, 0.05) is 48.7 Å². The van der Waals surface area contributed by atoms with E-state index in [1.54, 1.807) is 0 Å². The molecule has 13 rings (SSSR count). The molecule has 0 fully saturated rings. The fourth-order valence-corrected chi connectivity index (χ4v) is 9.19. The van der Waals surface area contributed by atoms with Gasteiger partial charge in [-0.2, -0.15) is 0 Å². The molecule has 0 aliphatic rings. The van der Waals surface area contributed by atoms with Crippen molar-refractivity contribution in [2.24, 2.45) is 0 Å². The Labute approximate surface area is 300 Å². The van der Waals surface area contributed by atoms with Gasteiger partial charge in [-0.15, -0.1) is 0 Å². The van der Waals surface area contributed by atoms with Gasteiger partial charge in [-0.3, -0.25) is 4.57 Å². The van der Waals surface area contributed by atoms with Crippen molar-refractivity contribution in [3.8, 4) is 17.2 Å². The summed E-state index contributed by atoms with van der Waals surface area (Å²) in [5.74, 6) is 0.616. The van der Waals surface area contributed by atoms with E-state index < -0.39 is 0 Å². The van der Waals surface area contributed by atoms with Crippen LogP contribution in [-0.4, -0.2) is 18.9 Å². The lowest BCUT2D eigenvalue weighted by atomic mass is 10.0. The largest absolute Gasteiger partial charge is 0.452 e. The maximum atomic E-state index is 6.57. The third-order valence-electron chi connectivity index (χ3n) is 11.4. The summed E-state index contributed by atoms with van der Waals surface area (Å²) in [5.41, 5.74) is 9.90. The molecule has 0 atom stereocenters. The lowest BCUT2D eigenvalue weighted by molar-refractivity contribution is 0.666. The molecule has 0 amide bonds. The fourth-order valence-electron chi connectivity index (χ4n) is 9.19. The minimum Gasteiger partial charge on any atom is -0.452 e. The molecule has 0 bridgehead atoms. The van der Waals surface area contributed by atoms with Crippen molar-refractivity contribution in [2.75, 3.05) is 0 Å². The number of furan rings is 1. The minimum atomic E-state index is 0.616. The molecule has 5 nitrogen and oxygen atoms in total. The van der Waals surface area contributed by atoms with Gasteiger partial charge in [-0.25, -0.2) is 9.97 Å². The molecule has 0 saturated carbocycles. The van der Waals surface area contributed by atoms with E-state index in [0.717, 1.165) is 44.2 Å². The Morgan fingerprint density at radius 3 is 1.98 bits per heavy atom. The van der Waals surface area contributed by atoms with Crippen LogP contribution < -0.4 is 0 Å². The number of hydrogen-bond donors (Lipinski definition) is 0. The second kappa shape index (κ2) is 9.75. The van der Waals surface area contributed by atoms with Crippen LogP contribution in [0, 0.1) is 0 Å². The lowest BCUT2D eigenvalue weighted by Crippen LogP contribution is -2.03. The summed E-state index contributed by atoms with van der Waals surface area (Å²) in [6, 6.07) is 56.3. The van der Waals surface area contributed by atoms with Crippen LogP contribution in [0.3, 0.4) is 0 Å². The van der Waals surface area contributed by atoms with Crippen LogP contribution >= 0.6 is 0 Å². The summed E-state index contributed by atoms with van der Waals surface area (Å²) in [5, 5.41) is 13.1. The summed E-state index contributed by atoms with van der Waals surface area (Å²) in [6.07, 6.45) is 0. The first-order chi connectivity index (χ1) is 26.3. The smallest absolute Gasteiger partial charge is 0.236 e. The van der Waals surface area contributed by atoms with Crippen LogP contribution in [0.4, 0.5) is 0 Å². The van der Waals surface area contributed by atoms with Crippen LogP contribution in [0.2, 0.25) is 0 Å². The quantitative estimate of drug-likeness (QED) is 0.183. The Kier molecular flexibility index (Phi) is 5.06. The van der Waals surface area contributed by atoms with Gasteiger partial charge >= 0.3 is 0 Å². The average Bonchev–Trinajstić information content (AvgIpc) is 3.95. The molecule has 8 aromatic carbocycles. The molecule has 5 aromatic heterocycles. The minimum absolute atomic E-state index is 0.616. The molecule has 13 aromatic rings. The van der Waals surface area contributed by atoms with Crippen LogP contribution in [0.1, 0.15) is 0 Å². The first-order valence-corrected chi connectivity index (χ1v) is 18.0. The van der Waals surface area contributed by atoms with Crippen LogP contribution in [0.15, 0.2) is 162 Å². The van der Waals surface area contributed by atoms with Crippen molar-refractivity contribution >= 4 is 104 Å². The topological polar surface area (TPSA) is 48.3 Å². The maximum Gasteiger partial charge on any atom is 0.236 e. The van der Waals surface area contributed by atoms with Crippen molar-refractivity contribution in [1.29, 1.82) is 0 Å². The van der Waals surface area contributed by atoms with Crippen molar-refractivity contribution in [2.45, 2.75) is 0 Å². The predicted octanol–water partition coefficient (Wildman–Crippen LogP) is 12.6. The molecule has 53 heavy (non-hydrogen) atoms. The highest BCUT2D eigenvalue weighted by molar-refractivity contribution is 6.37. The summed E-state index contributed by atoms with van der Waals surface area (Å²) in [7, 11) is 0. The molecular formula is C48H26N4O. The molecular weight excluding hydrogens is 649 g/mol. The van der Waals surface area contributed by atoms with Crippen molar-refractivity contribution < 1.29 is 4.42 Å². The second-order valence-corrected chi connectivity index (χ2v) is 14.1. The van der Waals surface area contributed by atoms with E-state index in [4.69, 9.17) is 14.4 Å². The molecule has 5 heterocycles. The van der Waals surface area contributed by atoms with E-state index in [-0.39, 0.29) is 0 Å². The summed E-state index contributed by atoms with van der Waals surface area (Å²) < 4.78 is 11.3. The summed E-state index contributed by atoms with van der Waals surface area (Å²) in [6.45, 7) is 0. The van der Waals surface area contributed by atoms with Gasteiger partial charge in [0.05, 0.1) is 27.6 Å². The fraction of sp³-hybridized carbons (Fsp3) is 0. The lowest BCUT2D eigenvalue weighted by Gasteiger charge is -2.10. The standard InChI is InChI=1S/C48H26N4O/c1-2-13-29-25-30(22-21-27(29)11-1)43-47-44(35-17-7-10-20-40(35)53-47)50-48(49-43)51-37-18-8-5-15-33(37)41-39(51)26-36-32-24-23-28-12-3-4-14-31(28)45(32)52-38-19-9-6-16-34(38)42(41)46(36)52/h1-26H. The molecule has 0 aliphatic carbocycles. The Balaban J connectivity index is 1.23. The molecule has 0 unspecified atom stereocenters. The zero-order valence-electron chi connectivity index (χ0n) is 28.2. The Hall–Kier alpha value is -7.24. The third kappa shape index (κ3) is 3.46. The predicted molar refractivity (Wildman–Crippen MR) is 219 cm³/mol. The van der Waals surface area contributed by atoms with Gasteiger partial charge in [-0.1, -0.05) is 121 Å². The highest BCUT2D eigenvalue weighted by Crippen LogP contribution is 2.48. The number of para-hydroxylation sites is 3. The Morgan fingerprint density at radius 1 is 0.434 bits per heavy atom. The highest BCUT2D eigenvalue weighted by atomic mass is 16.3. The number of nitrogens with zero attached hydrogens (tertiary/aromatic N) is 4. The third-order valence-corrected chi connectivity index (χ3v) is 11.4.